The van der Waals surface area contributed by atoms with Crippen LogP contribution in [-0.2, 0) is 6.54 Å². The van der Waals surface area contributed by atoms with Crippen molar-refractivity contribution in [1.82, 2.24) is 15.1 Å². The van der Waals surface area contributed by atoms with Crippen LogP contribution in [0.3, 0.4) is 0 Å². The van der Waals surface area contributed by atoms with Gasteiger partial charge < -0.3 is 10.2 Å². The van der Waals surface area contributed by atoms with E-state index in [4.69, 9.17) is 12.2 Å². The highest BCUT2D eigenvalue weighted by molar-refractivity contribution is 7.80. The minimum absolute atomic E-state index is 0.660. The Labute approximate surface area is 126 Å². The normalized spacial score (nSPS) is 19.9. The van der Waals surface area contributed by atoms with E-state index < -0.39 is 0 Å². The molecular formula is C16H23N3S. The summed E-state index contributed by atoms with van der Waals surface area (Å²) in [5.41, 5.74) is 2.83. The summed E-state index contributed by atoms with van der Waals surface area (Å²) in [7, 11) is 0. The molecule has 3 nitrogen and oxygen atoms in total. The van der Waals surface area contributed by atoms with Crippen LogP contribution in [0.4, 0.5) is 0 Å². The zero-order chi connectivity index (χ0) is 13.9. The van der Waals surface area contributed by atoms with E-state index in [1.165, 1.54) is 24.0 Å². The molecule has 0 aromatic heterocycles. The molecule has 2 aliphatic rings. The molecule has 0 bridgehead atoms. The summed E-state index contributed by atoms with van der Waals surface area (Å²) in [5, 5.41) is 4.40. The van der Waals surface area contributed by atoms with Crippen molar-refractivity contribution in [1.29, 1.82) is 0 Å². The zero-order valence-corrected chi connectivity index (χ0v) is 13.0. The Morgan fingerprint density at radius 1 is 1.20 bits per heavy atom. The highest BCUT2D eigenvalue weighted by Crippen LogP contribution is 2.19. The van der Waals surface area contributed by atoms with E-state index in [0.29, 0.717) is 6.04 Å². The molecule has 0 spiro atoms. The topological polar surface area (TPSA) is 18.5 Å². The lowest BCUT2D eigenvalue weighted by atomic mass is 10.1. The minimum atomic E-state index is 0.660. The van der Waals surface area contributed by atoms with Crippen molar-refractivity contribution >= 4 is 17.3 Å². The van der Waals surface area contributed by atoms with Gasteiger partial charge in [0.15, 0.2) is 5.11 Å². The van der Waals surface area contributed by atoms with E-state index in [-0.39, 0.29) is 0 Å². The first-order valence-corrected chi connectivity index (χ1v) is 7.95. The van der Waals surface area contributed by atoms with Crippen LogP contribution in [0.5, 0.6) is 0 Å². The van der Waals surface area contributed by atoms with Crippen LogP contribution >= 0.6 is 12.2 Å². The number of benzene rings is 1. The molecule has 20 heavy (non-hydrogen) atoms. The van der Waals surface area contributed by atoms with Gasteiger partial charge in [-0.2, -0.15) is 0 Å². The van der Waals surface area contributed by atoms with Crippen LogP contribution in [-0.4, -0.2) is 47.1 Å². The van der Waals surface area contributed by atoms with E-state index in [9.17, 15) is 0 Å². The second-order valence-electron chi connectivity index (χ2n) is 5.91. The van der Waals surface area contributed by atoms with Crippen molar-refractivity contribution < 1.29 is 0 Å². The summed E-state index contributed by atoms with van der Waals surface area (Å²) in [5.74, 6) is 0. The van der Waals surface area contributed by atoms with Gasteiger partial charge in [-0.15, -0.1) is 0 Å². The molecule has 3 rings (SSSR count). The molecular weight excluding hydrogens is 266 g/mol. The van der Waals surface area contributed by atoms with Gasteiger partial charge in [0.1, 0.15) is 0 Å². The van der Waals surface area contributed by atoms with Gasteiger partial charge in [-0.25, -0.2) is 0 Å². The summed E-state index contributed by atoms with van der Waals surface area (Å²) in [4.78, 5) is 4.85. The molecule has 1 N–H and O–H groups in total. The second kappa shape index (κ2) is 6.10. The Hall–Kier alpha value is -1.13. The Morgan fingerprint density at radius 3 is 2.55 bits per heavy atom. The van der Waals surface area contributed by atoms with Gasteiger partial charge in [0, 0.05) is 38.8 Å². The van der Waals surface area contributed by atoms with Crippen LogP contribution in [0.15, 0.2) is 24.3 Å². The minimum Gasteiger partial charge on any atom is -0.360 e. The third-order valence-electron chi connectivity index (χ3n) is 4.22. The number of hydrogen-bond acceptors (Lipinski definition) is 2. The van der Waals surface area contributed by atoms with Crippen LogP contribution in [0, 0.1) is 6.92 Å². The molecule has 4 heteroatoms. The lowest BCUT2D eigenvalue weighted by Crippen LogP contribution is -2.51. The number of hydrogen-bond donors (Lipinski definition) is 1. The van der Waals surface area contributed by atoms with Crippen molar-refractivity contribution in [3.05, 3.63) is 35.4 Å². The molecule has 0 atom stereocenters. The molecule has 1 aliphatic carbocycles. The number of nitrogens with zero attached hydrogens (tertiary/aromatic N) is 2. The molecule has 1 aromatic rings. The molecule has 0 radical (unpaired) electrons. The summed E-state index contributed by atoms with van der Waals surface area (Å²) < 4.78 is 0. The highest BCUT2D eigenvalue weighted by Gasteiger charge is 2.25. The fourth-order valence-electron chi connectivity index (χ4n) is 2.63. The van der Waals surface area contributed by atoms with Gasteiger partial charge in [-0.3, -0.25) is 4.90 Å². The van der Waals surface area contributed by atoms with Crippen molar-refractivity contribution in [2.45, 2.75) is 32.4 Å². The number of thiocarbonyl (C=S) groups is 1. The van der Waals surface area contributed by atoms with E-state index in [1.54, 1.807) is 0 Å². The highest BCUT2D eigenvalue weighted by atomic mass is 32.1. The number of rotatable bonds is 3. The maximum Gasteiger partial charge on any atom is 0.169 e. The van der Waals surface area contributed by atoms with Gasteiger partial charge in [0.05, 0.1) is 0 Å². The maximum atomic E-state index is 5.48. The summed E-state index contributed by atoms with van der Waals surface area (Å²) in [6.07, 6.45) is 2.57. The molecule has 0 amide bonds. The molecule has 2 fully saturated rings. The van der Waals surface area contributed by atoms with Crippen molar-refractivity contribution in [2.24, 2.45) is 0 Å². The predicted octanol–water partition coefficient (Wildman–Crippen LogP) is 2.15. The maximum absolute atomic E-state index is 5.48. The fraction of sp³-hybridized carbons (Fsp3) is 0.562. The first-order chi connectivity index (χ1) is 9.72. The molecule has 1 saturated carbocycles. The first kappa shape index (κ1) is 13.8. The van der Waals surface area contributed by atoms with E-state index in [0.717, 1.165) is 37.8 Å². The Balaban J connectivity index is 1.48. The summed E-state index contributed by atoms with van der Waals surface area (Å²) in [6.45, 7) is 7.54. The third kappa shape index (κ3) is 3.49. The fourth-order valence-corrected chi connectivity index (χ4v) is 2.98. The SMILES string of the molecule is Cc1ccccc1CN1CCN(C(=S)NC2CC2)CC1. The molecule has 108 valence electrons. The standard InChI is InChI=1S/C16H23N3S/c1-13-4-2-3-5-14(13)12-18-8-10-19(11-9-18)16(20)17-15-6-7-15/h2-5,15H,6-12H2,1H3,(H,17,20). The monoisotopic (exact) mass is 289 g/mol. The van der Waals surface area contributed by atoms with Gasteiger partial charge in [0.25, 0.3) is 0 Å². The van der Waals surface area contributed by atoms with Crippen molar-refractivity contribution in [2.75, 3.05) is 26.2 Å². The van der Waals surface area contributed by atoms with Gasteiger partial charge in [0.2, 0.25) is 0 Å². The lowest BCUT2D eigenvalue weighted by molar-refractivity contribution is 0.174. The van der Waals surface area contributed by atoms with Crippen LogP contribution in [0.1, 0.15) is 24.0 Å². The predicted molar refractivity (Wildman–Crippen MR) is 86.8 cm³/mol. The van der Waals surface area contributed by atoms with E-state index >= 15 is 0 Å². The van der Waals surface area contributed by atoms with Crippen molar-refractivity contribution in [3.63, 3.8) is 0 Å². The molecule has 0 unspecified atom stereocenters. The first-order valence-electron chi connectivity index (χ1n) is 7.54. The second-order valence-corrected chi connectivity index (χ2v) is 6.30. The quantitative estimate of drug-likeness (QED) is 0.859. The number of nitrogens with one attached hydrogen (secondary N) is 1. The molecule has 1 aromatic carbocycles. The number of piperazine rings is 1. The molecule has 1 aliphatic heterocycles. The van der Waals surface area contributed by atoms with Crippen LogP contribution < -0.4 is 5.32 Å². The van der Waals surface area contributed by atoms with Gasteiger partial charge in [-0.1, -0.05) is 24.3 Å². The van der Waals surface area contributed by atoms with Crippen molar-refractivity contribution in [3.8, 4) is 0 Å². The van der Waals surface area contributed by atoms with Gasteiger partial charge >= 0.3 is 0 Å². The van der Waals surface area contributed by atoms with Gasteiger partial charge in [-0.05, 0) is 43.1 Å². The van der Waals surface area contributed by atoms with Crippen LogP contribution in [0.25, 0.3) is 0 Å². The smallest absolute Gasteiger partial charge is 0.169 e. The summed E-state index contributed by atoms with van der Waals surface area (Å²) >= 11 is 5.48. The Kier molecular flexibility index (Phi) is 4.22. The lowest BCUT2D eigenvalue weighted by Gasteiger charge is -2.36. The third-order valence-corrected chi connectivity index (χ3v) is 4.60. The Bertz CT molecular complexity index is 476. The Morgan fingerprint density at radius 2 is 1.90 bits per heavy atom. The van der Waals surface area contributed by atoms with E-state index in [1.807, 2.05) is 0 Å². The van der Waals surface area contributed by atoms with Crippen LogP contribution in [0.2, 0.25) is 0 Å². The summed E-state index contributed by atoms with van der Waals surface area (Å²) in [6, 6.07) is 9.33. The number of aryl methyl sites for hydroxylation is 1. The largest absolute Gasteiger partial charge is 0.360 e. The zero-order valence-electron chi connectivity index (χ0n) is 12.1. The average molecular weight is 289 g/mol. The molecule has 1 heterocycles. The molecule has 1 saturated heterocycles. The van der Waals surface area contributed by atoms with E-state index in [2.05, 4.69) is 46.3 Å². The average Bonchev–Trinajstić information content (AvgIpc) is 3.26.